The fraction of sp³-hybridized carbons (Fsp3) is 0.588. The Bertz CT molecular complexity index is 611. The van der Waals surface area contributed by atoms with Crippen LogP contribution in [0.2, 0.25) is 0 Å². The molecule has 1 saturated carbocycles. The van der Waals surface area contributed by atoms with E-state index in [2.05, 4.69) is 21.5 Å². The summed E-state index contributed by atoms with van der Waals surface area (Å²) in [7, 11) is 0. The summed E-state index contributed by atoms with van der Waals surface area (Å²) >= 11 is 0. The van der Waals surface area contributed by atoms with Gasteiger partial charge in [-0.25, -0.2) is 9.67 Å². The molecule has 2 aromatic heterocycles. The van der Waals surface area contributed by atoms with Crippen molar-refractivity contribution in [3.63, 3.8) is 0 Å². The highest BCUT2D eigenvalue weighted by Gasteiger charge is 2.13. The average molecular weight is 299 g/mol. The summed E-state index contributed by atoms with van der Waals surface area (Å²) in [6.45, 7) is 4.03. The van der Waals surface area contributed by atoms with Crippen LogP contribution < -0.4 is 5.32 Å². The van der Waals surface area contributed by atoms with Gasteiger partial charge in [0.2, 0.25) is 0 Å². The summed E-state index contributed by atoms with van der Waals surface area (Å²) in [6, 6.07) is 2.57. The van der Waals surface area contributed by atoms with Crippen molar-refractivity contribution in [3.8, 4) is 5.82 Å². The molecule has 0 unspecified atom stereocenters. The van der Waals surface area contributed by atoms with Crippen molar-refractivity contribution in [1.82, 2.24) is 19.7 Å². The lowest BCUT2D eigenvalue weighted by molar-refractivity contribution is 0.470. The van der Waals surface area contributed by atoms with Crippen molar-refractivity contribution in [2.75, 3.05) is 5.32 Å². The predicted molar refractivity (Wildman–Crippen MR) is 88.4 cm³/mol. The fourth-order valence-electron chi connectivity index (χ4n) is 3.20. The minimum atomic E-state index is 0.519. The third kappa shape index (κ3) is 3.64. The summed E-state index contributed by atoms with van der Waals surface area (Å²) < 4.78 is 1.85. The van der Waals surface area contributed by atoms with Crippen LogP contribution in [0.25, 0.3) is 5.82 Å². The summed E-state index contributed by atoms with van der Waals surface area (Å²) in [5, 5.41) is 8.05. The Morgan fingerprint density at radius 3 is 2.45 bits per heavy atom. The van der Waals surface area contributed by atoms with Crippen LogP contribution >= 0.6 is 0 Å². The van der Waals surface area contributed by atoms with Gasteiger partial charge < -0.3 is 5.32 Å². The van der Waals surface area contributed by atoms with E-state index in [0.717, 1.165) is 23.0 Å². The van der Waals surface area contributed by atoms with Crippen molar-refractivity contribution in [2.24, 2.45) is 0 Å². The van der Waals surface area contributed by atoms with Crippen molar-refractivity contribution in [1.29, 1.82) is 0 Å². The van der Waals surface area contributed by atoms with Crippen molar-refractivity contribution in [2.45, 2.75) is 64.8 Å². The zero-order valence-corrected chi connectivity index (χ0v) is 13.5. The molecule has 5 nitrogen and oxygen atoms in total. The summed E-state index contributed by atoms with van der Waals surface area (Å²) in [5.41, 5.74) is 2.08. The molecule has 0 spiro atoms. The van der Waals surface area contributed by atoms with Gasteiger partial charge in [0.1, 0.15) is 5.82 Å². The number of hydrogen-bond acceptors (Lipinski definition) is 4. The molecule has 1 aliphatic carbocycles. The van der Waals surface area contributed by atoms with Crippen molar-refractivity contribution in [3.05, 3.63) is 29.8 Å². The molecule has 0 saturated heterocycles. The minimum absolute atomic E-state index is 0.519. The Balaban J connectivity index is 1.74. The highest BCUT2D eigenvalue weighted by molar-refractivity contribution is 5.37. The van der Waals surface area contributed by atoms with Crippen LogP contribution in [-0.4, -0.2) is 25.8 Å². The number of hydrogen-bond donors (Lipinski definition) is 1. The van der Waals surface area contributed by atoms with Crippen LogP contribution in [0, 0.1) is 13.8 Å². The van der Waals surface area contributed by atoms with Gasteiger partial charge in [-0.1, -0.05) is 32.1 Å². The third-order valence-corrected chi connectivity index (χ3v) is 4.31. The number of aryl methyl sites for hydroxylation is 2. The van der Waals surface area contributed by atoms with Gasteiger partial charge in [0, 0.05) is 11.7 Å². The average Bonchev–Trinajstić information content (AvgIpc) is 2.81. The molecule has 1 aliphatic rings. The highest BCUT2D eigenvalue weighted by Crippen LogP contribution is 2.20. The Labute approximate surface area is 132 Å². The van der Waals surface area contributed by atoms with E-state index in [0.29, 0.717) is 6.04 Å². The molecule has 0 radical (unpaired) electrons. The smallest absolute Gasteiger partial charge is 0.174 e. The lowest BCUT2D eigenvalue weighted by Crippen LogP contribution is -2.21. The monoisotopic (exact) mass is 299 g/mol. The van der Waals surface area contributed by atoms with E-state index in [-0.39, 0.29) is 0 Å². The first-order valence-corrected chi connectivity index (χ1v) is 8.34. The Hall–Kier alpha value is -1.91. The van der Waals surface area contributed by atoms with Crippen LogP contribution in [0.1, 0.15) is 56.3 Å². The molecule has 22 heavy (non-hydrogen) atoms. The topological polar surface area (TPSA) is 55.6 Å². The molecule has 0 aliphatic heterocycles. The first kappa shape index (κ1) is 15.0. The van der Waals surface area contributed by atoms with Crippen LogP contribution in [0.5, 0.6) is 0 Å². The number of anilines is 1. The molecule has 0 aromatic carbocycles. The molecule has 2 aromatic rings. The molecule has 0 atom stereocenters. The minimum Gasteiger partial charge on any atom is -0.366 e. The first-order valence-electron chi connectivity index (χ1n) is 8.34. The van der Waals surface area contributed by atoms with E-state index in [4.69, 9.17) is 4.98 Å². The molecule has 3 rings (SSSR count). The standard InChI is InChI=1S/C17H25N5/c1-13-10-14(2)22(21-13)17-12-18-11-16(20-17)19-15-8-6-4-3-5-7-9-15/h10-12,15H,3-9H2,1-2H3,(H,19,20). The van der Waals surface area contributed by atoms with Gasteiger partial charge in [-0.15, -0.1) is 0 Å². The van der Waals surface area contributed by atoms with Gasteiger partial charge in [-0.3, -0.25) is 4.98 Å². The quantitative estimate of drug-likeness (QED) is 0.936. The lowest BCUT2D eigenvalue weighted by Gasteiger charge is -2.21. The van der Waals surface area contributed by atoms with Gasteiger partial charge in [0.15, 0.2) is 5.82 Å². The number of aromatic nitrogens is 4. The maximum atomic E-state index is 4.69. The second-order valence-corrected chi connectivity index (χ2v) is 6.29. The van der Waals surface area contributed by atoms with E-state index in [9.17, 15) is 0 Å². The second-order valence-electron chi connectivity index (χ2n) is 6.29. The van der Waals surface area contributed by atoms with Gasteiger partial charge in [-0.05, 0) is 32.8 Å². The Kier molecular flexibility index (Phi) is 4.71. The molecule has 2 heterocycles. The van der Waals surface area contributed by atoms with E-state index >= 15 is 0 Å². The fourth-order valence-corrected chi connectivity index (χ4v) is 3.20. The number of rotatable bonds is 3. The van der Waals surface area contributed by atoms with Crippen molar-refractivity contribution >= 4 is 5.82 Å². The summed E-state index contributed by atoms with van der Waals surface area (Å²) in [4.78, 5) is 9.03. The molecular weight excluding hydrogens is 274 g/mol. The second kappa shape index (κ2) is 6.90. The highest BCUT2D eigenvalue weighted by atomic mass is 15.3. The maximum absolute atomic E-state index is 4.69. The lowest BCUT2D eigenvalue weighted by atomic mass is 9.97. The van der Waals surface area contributed by atoms with Gasteiger partial charge in [0.25, 0.3) is 0 Å². The number of nitrogens with zero attached hydrogens (tertiary/aromatic N) is 4. The third-order valence-electron chi connectivity index (χ3n) is 4.31. The molecule has 118 valence electrons. The maximum Gasteiger partial charge on any atom is 0.174 e. The molecule has 5 heteroatoms. The van der Waals surface area contributed by atoms with Crippen molar-refractivity contribution < 1.29 is 0 Å². The normalized spacial score (nSPS) is 17.0. The zero-order valence-electron chi connectivity index (χ0n) is 13.5. The summed E-state index contributed by atoms with van der Waals surface area (Å²) in [6.07, 6.45) is 12.8. The molecular formula is C17H25N5. The van der Waals surface area contributed by atoms with Crippen LogP contribution in [-0.2, 0) is 0 Å². The zero-order chi connectivity index (χ0) is 15.4. The largest absolute Gasteiger partial charge is 0.366 e. The van der Waals surface area contributed by atoms with Crippen LogP contribution in [0.15, 0.2) is 18.5 Å². The Morgan fingerprint density at radius 1 is 1.05 bits per heavy atom. The molecule has 1 N–H and O–H groups in total. The molecule has 0 bridgehead atoms. The summed E-state index contributed by atoms with van der Waals surface area (Å²) in [5.74, 6) is 1.64. The van der Waals surface area contributed by atoms with E-state index < -0.39 is 0 Å². The number of nitrogens with one attached hydrogen (secondary N) is 1. The van der Waals surface area contributed by atoms with Gasteiger partial charge in [0.05, 0.1) is 18.1 Å². The molecule has 0 amide bonds. The van der Waals surface area contributed by atoms with Crippen LogP contribution in [0.3, 0.4) is 0 Å². The first-order chi connectivity index (χ1) is 10.7. The van der Waals surface area contributed by atoms with E-state index in [1.165, 1.54) is 44.9 Å². The SMILES string of the molecule is Cc1cc(C)n(-c2cncc(NC3CCCCCCC3)n2)n1. The van der Waals surface area contributed by atoms with Gasteiger partial charge >= 0.3 is 0 Å². The van der Waals surface area contributed by atoms with E-state index in [1.807, 2.05) is 24.7 Å². The van der Waals surface area contributed by atoms with Gasteiger partial charge in [-0.2, -0.15) is 5.10 Å². The van der Waals surface area contributed by atoms with E-state index in [1.54, 1.807) is 6.20 Å². The molecule has 1 fully saturated rings. The Morgan fingerprint density at radius 2 is 1.77 bits per heavy atom. The predicted octanol–water partition coefficient (Wildman–Crippen LogP) is 3.80. The van der Waals surface area contributed by atoms with Crippen LogP contribution in [0.4, 0.5) is 5.82 Å².